The molecule has 1 amide bonds. The second-order valence-electron chi connectivity index (χ2n) is 17.5. The predicted molar refractivity (Wildman–Crippen MR) is 270 cm³/mol. The zero-order valence-corrected chi connectivity index (χ0v) is 41.3. The SMILES string of the molecule is O=C(NCCCO[C@H]1O[C@H](COC(=O)c2ccccc2)[C@@H](O[C@@H]2OC(COC(=O)c3ccccc3)[C@H](O)[C@H](O)C2OC(=O)c2ccccc2)C(OC(=O)c2ccccc2)C1OC(=O)c1ccccc1)OCc1ccccc1. The normalized spacial score (nSPS) is 22.8. The van der Waals surface area contributed by atoms with Gasteiger partial charge in [-0.1, -0.05) is 121 Å². The number of benzene rings is 6. The molecular weight excluding hydrogens is 999 g/mol. The molecule has 0 bridgehead atoms. The molecule has 19 nitrogen and oxygen atoms in total. The van der Waals surface area contributed by atoms with E-state index in [1.807, 2.05) is 18.2 Å². The molecule has 400 valence electrons. The van der Waals surface area contributed by atoms with Crippen LogP contribution in [-0.4, -0.2) is 134 Å². The minimum Gasteiger partial charge on any atom is -0.459 e. The van der Waals surface area contributed by atoms with Gasteiger partial charge in [0.1, 0.15) is 50.3 Å². The molecule has 8 rings (SSSR count). The zero-order chi connectivity index (χ0) is 53.9. The third-order valence-electron chi connectivity index (χ3n) is 12.1. The van der Waals surface area contributed by atoms with E-state index >= 15 is 0 Å². The van der Waals surface area contributed by atoms with Crippen LogP contribution in [0.4, 0.5) is 4.79 Å². The van der Waals surface area contributed by atoms with Crippen LogP contribution in [0.5, 0.6) is 0 Å². The Hall–Kier alpha value is -8.30. The number of hydrogen-bond acceptors (Lipinski definition) is 18. The van der Waals surface area contributed by atoms with Crippen molar-refractivity contribution in [2.24, 2.45) is 0 Å². The molecule has 0 spiro atoms. The monoisotopic (exact) mass is 1050 g/mol. The number of ether oxygens (including phenoxy) is 10. The quantitative estimate of drug-likeness (QED) is 0.0408. The van der Waals surface area contributed by atoms with Crippen molar-refractivity contribution in [2.45, 2.75) is 74.4 Å². The van der Waals surface area contributed by atoms with Gasteiger partial charge in [0.25, 0.3) is 0 Å². The number of aliphatic hydroxyl groups is 2. The van der Waals surface area contributed by atoms with E-state index in [9.17, 15) is 39.0 Å². The Labute approximate surface area is 442 Å². The number of esters is 5. The van der Waals surface area contributed by atoms with Crippen LogP contribution in [0.3, 0.4) is 0 Å². The fraction of sp³-hybridized carbons (Fsp3) is 0.276. The third kappa shape index (κ3) is 15.2. The molecule has 19 heteroatoms. The smallest absolute Gasteiger partial charge is 0.407 e. The standard InChI is InChI=1S/C58H55NO18/c60-45-43(35-69-51(62)38-22-9-2-10-23-38)72-57(48(46(45)61)74-53(64)40-26-13-4-14-27-40)77-47-44(36-70-52(63)39-24-11-3-12-25-39)73-56(68-33-19-32-59-58(67)71-34-37-20-7-1-8-21-37)50(76-55(66)42-30-17-6-18-31-42)49(47)75-54(65)41-28-15-5-16-29-41/h1-18,20-31,43-50,56-57,60-61H,19,32-36H2,(H,59,67)/t43?,44-,45+,46+,47-,48?,49?,50?,56+,57+/m1/s1. The number of rotatable bonds is 21. The lowest BCUT2D eigenvalue weighted by Crippen LogP contribution is -2.66. The van der Waals surface area contributed by atoms with Crippen molar-refractivity contribution >= 4 is 35.9 Å². The number of amides is 1. The Balaban J connectivity index is 1.14. The first-order chi connectivity index (χ1) is 37.5. The molecule has 2 aliphatic rings. The summed E-state index contributed by atoms with van der Waals surface area (Å²) in [6.07, 6.45) is -18.3. The van der Waals surface area contributed by atoms with Gasteiger partial charge in [0.2, 0.25) is 0 Å². The number of alkyl carbamates (subject to hydrolysis) is 1. The van der Waals surface area contributed by atoms with Crippen LogP contribution in [0.25, 0.3) is 0 Å². The maximum absolute atomic E-state index is 14.3. The largest absolute Gasteiger partial charge is 0.459 e. The van der Waals surface area contributed by atoms with Crippen molar-refractivity contribution in [1.82, 2.24) is 5.32 Å². The van der Waals surface area contributed by atoms with Crippen LogP contribution in [0, 0.1) is 0 Å². The molecule has 77 heavy (non-hydrogen) atoms. The number of carbonyl (C=O) groups is 6. The van der Waals surface area contributed by atoms with E-state index in [-0.39, 0.29) is 54.0 Å². The molecule has 3 N–H and O–H groups in total. The lowest BCUT2D eigenvalue weighted by molar-refractivity contribution is -0.357. The van der Waals surface area contributed by atoms with E-state index in [2.05, 4.69) is 5.32 Å². The van der Waals surface area contributed by atoms with Gasteiger partial charge in [-0.15, -0.1) is 0 Å². The Kier molecular flexibility index (Phi) is 19.6. The first kappa shape index (κ1) is 54.9. The fourth-order valence-electron chi connectivity index (χ4n) is 8.17. The summed E-state index contributed by atoms with van der Waals surface area (Å²) < 4.78 is 60.8. The lowest BCUT2D eigenvalue weighted by Gasteiger charge is -2.48. The Morgan fingerprint density at radius 2 is 0.831 bits per heavy atom. The van der Waals surface area contributed by atoms with Crippen LogP contribution in [0.2, 0.25) is 0 Å². The Morgan fingerprint density at radius 3 is 1.31 bits per heavy atom. The van der Waals surface area contributed by atoms with Gasteiger partial charge in [0.05, 0.1) is 34.4 Å². The highest BCUT2D eigenvalue weighted by Gasteiger charge is 2.56. The van der Waals surface area contributed by atoms with E-state index in [4.69, 9.17) is 47.4 Å². The molecule has 0 aromatic heterocycles. The molecule has 6 aromatic carbocycles. The first-order valence-electron chi connectivity index (χ1n) is 24.6. The van der Waals surface area contributed by atoms with Gasteiger partial charge in [-0.25, -0.2) is 28.8 Å². The highest BCUT2D eigenvalue weighted by Crippen LogP contribution is 2.35. The minimum absolute atomic E-state index is 0.0279. The summed E-state index contributed by atoms with van der Waals surface area (Å²) in [5, 5.41) is 26.1. The zero-order valence-electron chi connectivity index (χ0n) is 41.3. The van der Waals surface area contributed by atoms with Crippen molar-refractivity contribution < 1.29 is 86.3 Å². The summed E-state index contributed by atoms with van der Waals surface area (Å²) in [7, 11) is 0. The average Bonchev–Trinajstić information content (AvgIpc) is 3.48. The Bertz CT molecular complexity index is 2850. The molecule has 10 atom stereocenters. The maximum Gasteiger partial charge on any atom is 0.407 e. The van der Waals surface area contributed by atoms with Crippen molar-refractivity contribution in [3.63, 3.8) is 0 Å². The Morgan fingerprint density at radius 1 is 0.429 bits per heavy atom. The van der Waals surface area contributed by atoms with Gasteiger partial charge in [-0.3, -0.25) is 0 Å². The average molecular weight is 1050 g/mol. The highest BCUT2D eigenvalue weighted by molar-refractivity contribution is 5.91. The molecule has 2 aliphatic heterocycles. The molecule has 4 unspecified atom stereocenters. The highest BCUT2D eigenvalue weighted by atomic mass is 16.8. The van der Waals surface area contributed by atoms with Crippen LogP contribution < -0.4 is 5.32 Å². The summed E-state index contributed by atoms with van der Waals surface area (Å²) in [5.41, 5.74) is 1.26. The summed E-state index contributed by atoms with van der Waals surface area (Å²) in [5.74, 6) is -4.47. The van der Waals surface area contributed by atoms with Gasteiger partial charge >= 0.3 is 35.9 Å². The van der Waals surface area contributed by atoms with Crippen LogP contribution in [-0.2, 0) is 54.0 Å². The molecule has 2 saturated heterocycles. The predicted octanol–water partition coefficient (Wildman–Crippen LogP) is 6.27. The topological polar surface area (TPSA) is 247 Å². The van der Waals surface area contributed by atoms with Crippen LogP contribution in [0.15, 0.2) is 182 Å². The molecule has 6 aromatic rings. The minimum atomic E-state index is -2.00. The fourth-order valence-corrected chi connectivity index (χ4v) is 8.17. The molecule has 2 heterocycles. The summed E-state index contributed by atoms with van der Waals surface area (Å²) in [6, 6.07) is 48.3. The first-order valence-corrected chi connectivity index (χ1v) is 24.6. The molecule has 0 aliphatic carbocycles. The van der Waals surface area contributed by atoms with Crippen LogP contribution in [0.1, 0.15) is 63.8 Å². The van der Waals surface area contributed by atoms with E-state index in [0.29, 0.717) is 0 Å². The van der Waals surface area contributed by atoms with Gasteiger partial charge in [0, 0.05) is 6.54 Å². The summed E-state index contributed by atoms with van der Waals surface area (Å²) in [6.45, 7) is -1.44. The van der Waals surface area contributed by atoms with Crippen molar-refractivity contribution in [1.29, 1.82) is 0 Å². The number of hydrogen-bond donors (Lipinski definition) is 3. The van der Waals surface area contributed by atoms with E-state index in [0.717, 1.165) is 5.56 Å². The van der Waals surface area contributed by atoms with Gasteiger partial charge in [-0.2, -0.15) is 0 Å². The molecule has 2 fully saturated rings. The lowest BCUT2D eigenvalue weighted by atomic mass is 9.96. The molecule has 0 radical (unpaired) electrons. The maximum atomic E-state index is 14.3. The van der Waals surface area contributed by atoms with Crippen molar-refractivity contribution in [3.05, 3.63) is 215 Å². The van der Waals surface area contributed by atoms with Crippen molar-refractivity contribution in [2.75, 3.05) is 26.4 Å². The number of aliphatic hydroxyl groups excluding tert-OH is 2. The third-order valence-corrected chi connectivity index (χ3v) is 12.1. The van der Waals surface area contributed by atoms with E-state index in [1.165, 1.54) is 60.7 Å². The van der Waals surface area contributed by atoms with Gasteiger partial charge < -0.3 is 62.9 Å². The second kappa shape index (κ2) is 27.5. The second-order valence-corrected chi connectivity index (χ2v) is 17.5. The van der Waals surface area contributed by atoms with Gasteiger partial charge in [-0.05, 0) is 72.6 Å². The van der Waals surface area contributed by atoms with Crippen LogP contribution >= 0.6 is 0 Å². The molecule has 0 saturated carbocycles. The number of carbonyl (C=O) groups excluding carboxylic acids is 6. The number of nitrogens with one attached hydrogen (secondary N) is 1. The van der Waals surface area contributed by atoms with Gasteiger partial charge in [0.15, 0.2) is 30.9 Å². The molecular formula is C58H55NO18. The van der Waals surface area contributed by atoms with E-state index < -0.39 is 111 Å². The summed E-state index contributed by atoms with van der Waals surface area (Å²) in [4.78, 5) is 81.7. The van der Waals surface area contributed by atoms with Crippen molar-refractivity contribution in [3.8, 4) is 0 Å². The van der Waals surface area contributed by atoms with E-state index in [1.54, 1.807) is 103 Å². The summed E-state index contributed by atoms with van der Waals surface area (Å²) >= 11 is 0.